The fourth-order valence-electron chi connectivity index (χ4n) is 2.06. The maximum absolute atomic E-state index is 6.15. The number of ether oxygens (including phenoxy) is 3. The summed E-state index contributed by atoms with van der Waals surface area (Å²) in [7, 11) is 1.65. The molecule has 5 heteroatoms. The Labute approximate surface area is 122 Å². The van der Waals surface area contributed by atoms with Crippen LogP contribution in [0.4, 0.5) is 5.69 Å². The van der Waals surface area contributed by atoms with Crippen LogP contribution in [0.15, 0.2) is 36.4 Å². The van der Waals surface area contributed by atoms with Gasteiger partial charge in [0.2, 0.25) is 6.79 Å². The second-order valence-electron chi connectivity index (χ2n) is 4.40. The highest BCUT2D eigenvalue weighted by Crippen LogP contribution is 2.39. The third-order valence-corrected chi connectivity index (χ3v) is 3.33. The molecular weight excluding hydrogens is 278 g/mol. The molecule has 0 bridgehead atoms. The lowest BCUT2D eigenvalue weighted by atomic mass is 10.2. The molecule has 1 aliphatic heterocycles. The Balaban J connectivity index is 1.73. The minimum atomic E-state index is 0.224. The van der Waals surface area contributed by atoms with Crippen molar-refractivity contribution in [2.24, 2.45) is 0 Å². The topological polar surface area (TPSA) is 39.7 Å². The number of hydrogen-bond donors (Lipinski definition) is 1. The maximum Gasteiger partial charge on any atom is 0.231 e. The Bertz CT molecular complexity index is 631. The molecule has 0 radical (unpaired) electrons. The van der Waals surface area contributed by atoms with Crippen LogP contribution in [0.1, 0.15) is 5.56 Å². The minimum absolute atomic E-state index is 0.224. The molecule has 4 nitrogen and oxygen atoms in total. The molecule has 2 aromatic rings. The van der Waals surface area contributed by atoms with E-state index >= 15 is 0 Å². The van der Waals surface area contributed by atoms with Gasteiger partial charge < -0.3 is 19.5 Å². The van der Waals surface area contributed by atoms with Crippen molar-refractivity contribution in [3.63, 3.8) is 0 Å². The van der Waals surface area contributed by atoms with Gasteiger partial charge in [-0.05, 0) is 29.8 Å². The van der Waals surface area contributed by atoms with Crippen molar-refractivity contribution in [3.8, 4) is 17.2 Å². The number of anilines is 1. The zero-order valence-corrected chi connectivity index (χ0v) is 11.7. The predicted octanol–water partition coefficient (Wildman–Crippen LogP) is 3.69. The molecule has 1 N–H and O–H groups in total. The summed E-state index contributed by atoms with van der Waals surface area (Å²) in [6.07, 6.45) is 0. The molecule has 3 rings (SSSR count). The van der Waals surface area contributed by atoms with Gasteiger partial charge in [0.15, 0.2) is 11.5 Å². The first-order valence-electron chi connectivity index (χ1n) is 6.22. The van der Waals surface area contributed by atoms with Crippen molar-refractivity contribution in [2.75, 3.05) is 19.2 Å². The van der Waals surface area contributed by atoms with Gasteiger partial charge in [-0.1, -0.05) is 17.7 Å². The van der Waals surface area contributed by atoms with Crippen molar-refractivity contribution in [3.05, 3.63) is 47.0 Å². The molecule has 0 aliphatic carbocycles. The van der Waals surface area contributed by atoms with Gasteiger partial charge in [-0.15, -0.1) is 0 Å². The van der Waals surface area contributed by atoms with Gasteiger partial charge in [0, 0.05) is 18.3 Å². The lowest BCUT2D eigenvalue weighted by molar-refractivity contribution is 0.174. The second-order valence-corrected chi connectivity index (χ2v) is 4.80. The number of halogens is 1. The lowest BCUT2D eigenvalue weighted by Crippen LogP contribution is -1.99. The molecule has 0 amide bonds. The zero-order valence-electron chi connectivity index (χ0n) is 11.0. The van der Waals surface area contributed by atoms with Crippen LogP contribution in [0.2, 0.25) is 5.02 Å². The molecule has 1 aliphatic rings. The highest BCUT2D eigenvalue weighted by atomic mass is 35.5. The predicted molar refractivity (Wildman–Crippen MR) is 77.9 cm³/mol. The van der Waals surface area contributed by atoms with Gasteiger partial charge in [-0.3, -0.25) is 0 Å². The van der Waals surface area contributed by atoms with Crippen LogP contribution in [0.3, 0.4) is 0 Å². The van der Waals surface area contributed by atoms with Crippen LogP contribution in [-0.4, -0.2) is 13.9 Å². The van der Waals surface area contributed by atoms with Gasteiger partial charge in [0.05, 0.1) is 12.1 Å². The van der Waals surface area contributed by atoms with Crippen LogP contribution in [0.5, 0.6) is 17.2 Å². The van der Waals surface area contributed by atoms with Crippen molar-refractivity contribution in [1.29, 1.82) is 0 Å². The standard InChI is InChI=1S/C15H14ClNO3/c1-18-12-4-2-3-11(7-12)17-8-10-5-13(16)15-14(6-10)19-9-20-15/h2-7,17H,8-9H2,1H3. The average molecular weight is 292 g/mol. The molecule has 0 saturated heterocycles. The summed E-state index contributed by atoms with van der Waals surface area (Å²) in [5.41, 5.74) is 2.01. The number of benzene rings is 2. The summed E-state index contributed by atoms with van der Waals surface area (Å²) in [5.74, 6) is 2.13. The molecule has 2 aromatic carbocycles. The van der Waals surface area contributed by atoms with Crippen molar-refractivity contribution < 1.29 is 14.2 Å². The molecule has 0 atom stereocenters. The van der Waals surface area contributed by atoms with E-state index in [-0.39, 0.29) is 6.79 Å². The number of nitrogens with one attached hydrogen (secondary N) is 1. The summed E-state index contributed by atoms with van der Waals surface area (Å²) in [5, 5.41) is 3.89. The monoisotopic (exact) mass is 291 g/mol. The van der Waals surface area contributed by atoms with Crippen LogP contribution < -0.4 is 19.5 Å². The van der Waals surface area contributed by atoms with Gasteiger partial charge in [0.25, 0.3) is 0 Å². The van der Waals surface area contributed by atoms with E-state index in [1.165, 1.54) is 0 Å². The molecule has 104 valence electrons. The summed E-state index contributed by atoms with van der Waals surface area (Å²) in [6.45, 7) is 0.866. The Morgan fingerprint density at radius 3 is 3.00 bits per heavy atom. The minimum Gasteiger partial charge on any atom is -0.497 e. The van der Waals surface area contributed by atoms with Gasteiger partial charge in [-0.25, -0.2) is 0 Å². The van der Waals surface area contributed by atoms with Gasteiger partial charge in [0.1, 0.15) is 5.75 Å². The highest BCUT2D eigenvalue weighted by Gasteiger charge is 2.18. The Kier molecular flexibility index (Phi) is 3.56. The largest absolute Gasteiger partial charge is 0.497 e. The third kappa shape index (κ3) is 2.60. The number of methoxy groups -OCH3 is 1. The van der Waals surface area contributed by atoms with Crippen LogP contribution in [0.25, 0.3) is 0 Å². The first-order chi connectivity index (χ1) is 9.76. The molecule has 0 fully saturated rings. The smallest absolute Gasteiger partial charge is 0.231 e. The van der Waals surface area contributed by atoms with E-state index < -0.39 is 0 Å². The molecule has 0 aromatic heterocycles. The van der Waals surface area contributed by atoms with E-state index in [2.05, 4.69) is 5.32 Å². The summed E-state index contributed by atoms with van der Waals surface area (Å²) in [6, 6.07) is 11.6. The molecule has 1 heterocycles. The quantitative estimate of drug-likeness (QED) is 0.932. The molecule has 0 saturated carbocycles. The molecule has 0 spiro atoms. The number of rotatable bonds is 4. The van der Waals surface area contributed by atoms with E-state index in [0.29, 0.717) is 23.1 Å². The second kappa shape index (κ2) is 5.51. The fraction of sp³-hybridized carbons (Fsp3) is 0.200. The summed E-state index contributed by atoms with van der Waals surface area (Å²) < 4.78 is 15.8. The van der Waals surface area contributed by atoms with E-state index in [1.54, 1.807) is 7.11 Å². The van der Waals surface area contributed by atoms with Crippen LogP contribution >= 0.6 is 11.6 Å². The van der Waals surface area contributed by atoms with Gasteiger partial charge >= 0.3 is 0 Å². The SMILES string of the molecule is COc1cccc(NCc2cc(Cl)c3c(c2)OCO3)c1. The van der Waals surface area contributed by atoms with E-state index in [4.69, 9.17) is 25.8 Å². The Morgan fingerprint density at radius 2 is 2.15 bits per heavy atom. The molecule has 20 heavy (non-hydrogen) atoms. The van der Waals surface area contributed by atoms with Crippen molar-refractivity contribution >= 4 is 17.3 Å². The Morgan fingerprint density at radius 1 is 1.25 bits per heavy atom. The normalized spacial score (nSPS) is 12.3. The van der Waals surface area contributed by atoms with E-state index in [1.807, 2.05) is 36.4 Å². The summed E-state index contributed by atoms with van der Waals surface area (Å²) in [4.78, 5) is 0. The Hall–Kier alpha value is -2.07. The number of hydrogen-bond acceptors (Lipinski definition) is 4. The van der Waals surface area contributed by atoms with Crippen LogP contribution in [0, 0.1) is 0 Å². The van der Waals surface area contributed by atoms with Crippen LogP contribution in [-0.2, 0) is 6.54 Å². The molecular formula is C15H14ClNO3. The maximum atomic E-state index is 6.15. The number of fused-ring (bicyclic) bond motifs is 1. The average Bonchev–Trinajstić information content (AvgIpc) is 2.94. The first kappa shape index (κ1) is 12.9. The van der Waals surface area contributed by atoms with E-state index in [0.717, 1.165) is 17.0 Å². The van der Waals surface area contributed by atoms with E-state index in [9.17, 15) is 0 Å². The van der Waals surface area contributed by atoms with Crippen molar-refractivity contribution in [2.45, 2.75) is 6.54 Å². The first-order valence-corrected chi connectivity index (χ1v) is 6.60. The lowest BCUT2D eigenvalue weighted by Gasteiger charge is -2.09. The van der Waals surface area contributed by atoms with Crippen molar-refractivity contribution in [1.82, 2.24) is 0 Å². The summed E-state index contributed by atoms with van der Waals surface area (Å²) >= 11 is 6.15. The highest BCUT2D eigenvalue weighted by molar-refractivity contribution is 6.32. The third-order valence-electron chi connectivity index (χ3n) is 3.05. The molecule has 0 unspecified atom stereocenters. The van der Waals surface area contributed by atoms with Gasteiger partial charge in [-0.2, -0.15) is 0 Å². The fourth-order valence-corrected chi connectivity index (χ4v) is 2.35. The zero-order chi connectivity index (χ0) is 13.9.